The van der Waals surface area contributed by atoms with Crippen molar-refractivity contribution in [3.8, 4) is 16.9 Å². The van der Waals surface area contributed by atoms with Crippen molar-refractivity contribution in [2.45, 2.75) is 32.6 Å². The molecule has 7 nitrogen and oxygen atoms in total. The molecule has 1 amide bonds. The lowest BCUT2D eigenvalue weighted by atomic mass is 9.94. The summed E-state index contributed by atoms with van der Waals surface area (Å²) in [6.45, 7) is 2.13. The van der Waals surface area contributed by atoms with E-state index in [-0.39, 0.29) is 12.0 Å². The molecule has 0 aliphatic rings. The molecule has 0 atom stereocenters. The number of amides is 1. The number of aromatic nitrogens is 1. The van der Waals surface area contributed by atoms with Gasteiger partial charge in [-0.2, -0.15) is 0 Å². The van der Waals surface area contributed by atoms with Gasteiger partial charge in [0.25, 0.3) is 5.91 Å². The molecule has 0 aliphatic carbocycles. The number of benzene rings is 2. The second kappa shape index (κ2) is 13.1. The average Bonchev–Trinajstić information content (AvgIpc) is 2.94. The normalized spacial score (nSPS) is 10.4. The molecule has 1 heterocycles. The minimum atomic E-state index is -1.03. The van der Waals surface area contributed by atoms with Gasteiger partial charge < -0.3 is 20.1 Å². The second-order valence-electron chi connectivity index (χ2n) is 8.74. The zero-order chi connectivity index (χ0) is 26.8. The number of nitrogens with two attached hydrogens (primary N) is 1. The molecular formula is C30H32N2O5. The zero-order valence-corrected chi connectivity index (χ0v) is 21.1. The summed E-state index contributed by atoms with van der Waals surface area (Å²) in [4.78, 5) is 35.4. The molecule has 3 aromatic rings. The van der Waals surface area contributed by atoms with Gasteiger partial charge in [0.05, 0.1) is 6.61 Å². The maximum Gasteiger partial charge on any atom is 0.303 e. The number of nitrogens with zero attached hydrogens (tertiary/aromatic N) is 1. The first kappa shape index (κ1) is 27.2. The number of aryl methyl sites for hydroxylation is 1. The smallest absolute Gasteiger partial charge is 0.303 e. The minimum absolute atomic E-state index is 0.0785. The third-order valence-corrected chi connectivity index (χ3v) is 6.12. The van der Waals surface area contributed by atoms with Gasteiger partial charge in [0, 0.05) is 37.3 Å². The highest BCUT2D eigenvalue weighted by atomic mass is 16.5. The van der Waals surface area contributed by atoms with E-state index in [0.29, 0.717) is 37.2 Å². The molecule has 3 N–H and O–H groups in total. The Morgan fingerprint density at radius 2 is 1.62 bits per heavy atom. The first-order valence-electron chi connectivity index (χ1n) is 12.1. The van der Waals surface area contributed by atoms with Gasteiger partial charge in [-0.25, -0.2) is 0 Å². The van der Waals surface area contributed by atoms with Gasteiger partial charge in [0.15, 0.2) is 0 Å². The van der Waals surface area contributed by atoms with E-state index in [2.05, 4.69) is 24.3 Å². The van der Waals surface area contributed by atoms with Crippen LogP contribution in [0.4, 0.5) is 0 Å². The van der Waals surface area contributed by atoms with Gasteiger partial charge in [-0.3, -0.25) is 14.4 Å². The summed E-state index contributed by atoms with van der Waals surface area (Å²) in [7, 11) is 1.88. The van der Waals surface area contributed by atoms with Crippen molar-refractivity contribution in [3.05, 3.63) is 101 Å². The lowest BCUT2D eigenvalue weighted by molar-refractivity contribution is -0.137. The van der Waals surface area contributed by atoms with Crippen LogP contribution in [-0.4, -0.2) is 33.9 Å². The summed E-state index contributed by atoms with van der Waals surface area (Å²) in [6, 6.07) is 23.1. The van der Waals surface area contributed by atoms with Crippen molar-refractivity contribution in [1.82, 2.24) is 4.57 Å². The van der Waals surface area contributed by atoms with E-state index in [1.807, 2.05) is 55.1 Å². The van der Waals surface area contributed by atoms with Gasteiger partial charge in [0.2, 0.25) is 5.78 Å². The van der Waals surface area contributed by atoms with Gasteiger partial charge in [-0.05, 0) is 60.2 Å². The lowest BCUT2D eigenvalue weighted by Gasteiger charge is -2.15. The Morgan fingerprint density at radius 3 is 2.32 bits per heavy atom. The van der Waals surface area contributed by atoms with Crippen LogP contribution in [-0.2, 0) is 23.1 Å². The van der Waals surface area contributed by atoms with Crippen LogP contribution in [0.5, 0.6) is 5.75 Å². The van der Waals surface area contributed by atoms with E-state index in [4.69, 9.17) is 15.6 Å². The Hall–Kier alpha value is -4.39. The van der Waals surface area contributed by atoms with E-state index in [0.717, 1.165) is 22.4 Å². The molecule has 192 valence electrons. The summed E-state index contributed by atoms with van der Waals surface area (Å²) in [5, 5.41) is 8.80. The first-order valence-corrected chi connectivity index (χ1v) is 12.1. The fourth-order valence-electron chi connectivity index (χ4n) is 4.10. The van der Waals surface area contributed by atoms with Gasteiger partial charge in [-0.1, -0.05) is 54.6 Å². The van der Waals surface area contributed by atoms with Crippen LogP contribution in [0.1, 0.15) is 46.4 Å². The second-order valence-corrected chi connectivity index (χ2v) is 8.74. The largest absolute Gasteiger partial charge is 0.494 e. The fraction of sp³-hybridized carbons (Fsp3) is 0.233. The molecule has 0 aliphatic heterocycles. The quantitative estimate of drug-likeness (QED) is 0.218. The van der Waals surface area contributed by atoms with Crippen molar-refractivity contribution < 1.29 is 24.2 Å². The minimum Gasteiger partial charge on any atom is -0.494 e. The number of unbranched alkanes of at least 4 members (excludes halogenated alkanes) is 1. The van der Waals surface area contributed by atoms with Gasteiger partial charge in [-0.15, -0.1) is 0 Å². The highest BCUT2D eigenvalue weighted by Crippen LogP contribution is 2.27. The summed E-state index contributed by atoms with van der Waals surface area (Å²) in [5.74, 6) is -2.17. The number of carboxylic acids is 1. The number of hydrogen-bond acceptors (Lipinski definition) is 4. The Bertz CT molecular complexity index is 1330. The van der Waals surface area contributed by atoms with Crippen LogP contribution < -0.4 is 10.5 Å². The maximum absolute atomic E-state index is 12.8. The summed E-state index contributed by atoms with van der Waals surface area (Å²) < 4.78 is 7.73. The molecule has 0 radical (unpaired) electrons. The molecule has 1 aromatic heterocycles. The van der Waals surface area contributed by atoms with Crippen molar-refractivity contribution in [2.24, 2.45) is 12.8 Å². The molecule has 0 saturated heterocycles. The zero-order valence-electron chi connectivity index (χ0n) is 21.1. The molecule has 0 bridgehead atoms. The predicted octanol–water partition coefficient (Wildman–Crippen LogP) is 5.02. The SMILES string of the molecule is Cc1c(C(=O)C(N)=O)ccc(OCCCCC(=O)O)ccn(C)c1Cc1ccccc1-c1ccccc1. The monoisotopic (exact) mass is 500 g/mol. The van der Waals surface area contributed by atoms with E-state index in [1.165, 1.54) is 0 Å². The van der Waals surface area contributed by atoms with Gasteiger partial charge in [0.1, 0.15) is 5.75 Å². The standard InChI is InChI=1S/C30H32N2O5/c1-21-25(29(35)30(31)36)16-15-24(37-19-9-8-14-28(33)34)17-18-32(2)27(21)20-23-12-6-7-13-26(23)22-10-4-3-5-11-22/h3-7,10-13,15-18H,8-9,14,19-20H2,1-2H3,(H2,31,36)(H,33,34). The first-order chi connectivity index (χ1) is 17.8. The number of ketones is 1. The molecule has 37 heavy (non-hydrogen) atoms. The Balaban J connectivity index is 2.06. The molecule has 0 fully saturated rings. The van der Waals surface area contributed by atoms with E-state index >= 15 is 0 Å². The van der Waals surface area contributed by atoms with Crippen LogP contribution in [0.25, 0.3) is 11.1 Å². The fourth-order valence-corrected chi connectivity index (χ4v) is 4.10. The summed E-state index contributed by atoms with van der Waals surface area (Å²) in [5.41, 5.74) is 10.3. The Labute approximate surface area is 216 Å². The van der Waals surface area contributed by atoms with E-state index in [1.54, 1.807) is 18.2 Å². The number of carboxylic acid groups (broad SMARTS) is 1. The van der Waals surface area contributed by atoms with Crippen molar-refractivity contribution >= 4 is 17.7 Å². The molecule has 0 spiro atoms. The topological polar surface area (TPSA) is 112 Å². The summed E-state index contributed by atoms with van der Waals surface area (Å²) in [6.07, 6.45) is 3.50. The molecule has 0 unspecified atom stereocenters. The number of primary amides is 1. The van der Waals surface area contributed by atoms with Crippen LogP contribution in [0.2, 0.25) is 0 Å². The Kier molecular flexibility index (Phi) is 9.61. The van der Waals surface area contributed by atoms with Crippen molar-refractivity contribution in [1.29, 1.82) is 0 Å². The number of carbonyl (C=O) groups is 3. The van der Waals surface area contributed by atoms with Crippen molar-refractivity contribution in [3.63, 3.8) is 0 Å². The molecule has 7 heteroatoms. The predicted molar refractivity (Wildman–Crippen MR) is 143 cm³/mol. The molecular weight excluding hydrogens is 468 g/mol. The number of hydrogen-bond donors (Lipinski definition) is 2. The van der Waals surface area contributed by atoms with Crippen LogP contribution >= 0.6 is 0 Å². The molecule has 3 rings (SSSR count). The average molecular weight is 501 g/mol. The third-order valence-electron chi connectivity index (χ3n) is 6.12. The molecule has 0 saturated carbocycles. The van der Waals surface area contributed by atoms with Crippen LogP contribution in [0, 0.1) is 6.92 Å². The number of Topliss-reactive ketones (excluding diaryl/α,β-unsaturated/α-hetero) is 1. The lowest BCUT2D eigenvalue weighted by Crippen LogP contribution is -2.24. The highest BCUT2D eigenvalue weighted by Gasteiger charge is 2.17. The summed E-state index contributed by atoms with van der Waals surface area (Å²) >= 11 is 0. The number of carbonyl (C=O) groups excluding carboxylic acids is 2. The van der Waals surface area contributed by atoms with E-state index < -0.39 is 17.7 Å². The van der Waals surface area contributed by atoms with Crippen LogP contribution in [0.15, 0.2) is 79.0 Å². The number of ether oxygens (including phenoxy) is 1. The van der Waals surface area contributed by atoms with Crippen molar-refractivity contribution in [2.75, 3.05) is 6.61 Å². The van der Waals surface area contributed by atoms with Gasteiger partial charge >= 0.3 is 5.97 Å². The number of aliphatic carboxylic acids is 1. The Morgan fingerprint density at radius 1 is 0.919 bits per heavy atom. The highest BCUT2D eigenvalue weighted by molar-refractivity contribution is 6.42. The number of rotatable bonds is 11. The van der Waals surface area contributed by atoms with E-state index in [9.17, 15) is 14.4 Å². The third kappa shape index (κ3) is 7.54. The molecule has 2 aromatic carbocycles. The maximum atomic E-state index is 12.8. The van der Waals surface area contributed by atoms with Crippen LogP contribution in [0.3, 0.4) is 0 Å².